The maximum Gasteiger partial charge on any atom is 0.360 e. The number of carbonyl (C=O) groups excluding carboxylic acids is 1. The lowest BCUT2D eigenvalue weighted by Crippen LogP contribution is -2.29. The number of nitrogens with zero attached hydrogens (tertiary/aromatic N) is 2. The number of hydrogen-bond acceptors (Lipinski definition) is 6. The van der Waals surface area contributed by atoms with E-state index in [1.165, 1.54) is 17.5 Å². The fourth-order valence-electron chi connectivity index (χ4n) is 2.09. The van der Waals surface area contributed by atoms with Crippen molar-refractivity contribution in [2.24, 2.45) is 0 Å². The molecule has 0 aliphatic carbocycles. The monoisotopic (exact) mass is 364 g/mol. The first-order chi connectivity index (χ1) is 12.0. The van der Waals surface area contributed by atoms with Gasteiger partial charge in [-0.25, -0.2) is 18.2 Å². The van der Waals surface area contributed by atoms with Crippen molar-refractivity contribution in [3.05, 3.63) is 59.2 Å². The molecule has 1 aromatic carbocycles. The number of esters is 1. The van der Waals surface area contributed by atoms with Crippen molar-refractivity contribution in [2.45, 2.75) is 19.9 Å². The highest BCUT2D eigenvalue weighted by atomic mass is 32.2. The zero-order valence-electron chi connectivity index (χ0n) is 14.1. The van der Waals surface area contributed by atoms with Gasteiger partial charge in [-0.3, -0.25) is 0 Å². The van der Waals surface area contributed by atoms with E-state index >= 15 is 0 Å². The molecule has 2 aromatic rings. The molecule has 0 saturated carbocycles. The Hall–Kier alpha value is -2.45. The quantitative estimate of drug-likeness (QED) is 0.669. The van der Waals surface area contributed by atoms with Crippen molar-refractivity contribution in [1.82, 2.24) is 9.29 Å². The van der Waals surface area contributed by atoms with Crippen molar-refractivity contribution in [1.29, 1.82) is 0 Å². The molecular weight excluding hydrogens is 344 g/mol. The maximum absolute atomic E-state index is 12.6. The highest BCUT2D eigenvalue weighted by molar-refractivity contribution is 7.92. The van der Waals surface area contributed by atoms with E-state index in [1.807, 2.05) is 37.3 Å². The molecule has 0 aliphatic heterocycles. The summed E-state index contributed by atoms with van der Waals surface area (Å²) in [5.74, 6) is -0.505. The second-order valence-corrected chi connectivity index (χ2v) is 7.03. The standard InChI is InChI=1S/C17H20N2O5S/c1-3-10-19(12-16-18-15(13-24-16)17(20)23-2)25(21,22)11-9-14-7-5-4-6-8-14/h4-9,11,13H,3,10,12H2,1-2H3/b11-9+. The van der Waals surface area contributed by atoms with Gasteiger partial charge in [0.2, 0.25) is 15.9 Å². The minimum Gasteiger partial charge on any atom is -0.464 e. The zero-order chi connectivity index (χ0) is 18.3. The molecule has 0 spiro atoms. The van der Waals surface area contributed by atoms with Gasteiger partial charge < -0.3 is 9.15 Å². The summed E-state index contributed by atoms with van der Waals surface area (Å²) >= 11 is 0. The van der Waals surface area contributed by atoms with E-state index < -0.39 is 16.0 Å². The number of ether oxygens (including phenoxy) is 1. The number of carbonyl (C=O) groups is 1. The molecule has 0 aliphatic rings. The summed E-state index contributed by atoms with van der Waals surface area (Å²) in [6.07, 6.45) is 3.31. The molecule has 0 amide bonds. The molecule has 134 valence electrons. The van der Waals surface area contributed by atoms with Crippen LogP contribution in [0, 0.1) is 0 Å². The molecule has 0 atom stereocenters. The van der Waals surface area contributed by atoms with Gasteiger partial charge in [0.1, 0.15) is 6.26 Å². The van der Waals surface area contributed by atoms with Gasteiger partial charge in [-0.05, 0) is 18.1 Å². The Morgan fingerprint density at radius 2 is 2.04 bits per heavy atom. The largest absolute Gasteiger partial charge is 0.464 e. The first kappa shape index (κ1) is 18.9. The molecule has 2 rings (SSSR count). The van der Waals surface area contributed by atoms with Crippen LogP contribution >= 0.6 is 0 Å². The van der Waals surface area contributed by atoms with Gasteiger partial charge in [0.05, 0.1) is 13.7 Å². The lowest BCUT2D eigenvalue weighted by molar-refractivity contribution is 0.0594. The van der Waals surface area contributed by atoms with Crippen molar-refractivity contribution in [3.63, 3.8) is 0 Å². The first-order valence-corrected chi connectivity index (χ1v) is 9.22. The van der Waals surface area contributed by atoms with Crippen LogP contribution in [-0.4, -0.2) is 37.3 Å². The predicted molar refractivity (Wildman–Crippen MR) is 92.9 cm³/mol. The lowest BCUT2D eigenvalue weighted by Gasteiger charge is -2.17. The van der Waals surface area contributed by atoms with E-state index in [0.717, 1.165) is 17.2 Å². The van der Waals surface area contributed by atoms with Gasteiger partial charge in [-0.15, -0.1) is 0 Å². The highest BCUT2D eigenvalue weighted by Gasteiger charge is 2.22. The third-order valence-corrected chi connectivity index (χ3v) is 4.83. The van der Waals surface area contributed by atoms with Crippen LogP contribution in [0.1, 0.15) is 35.3 Å². The van der Waals surface area contributed by atoms with Crippen LogP contribution in [0.4, 0.5) is 0 Å². The SMILES string of the molecule is CCCN(Cc1nc(C(=O)OC)co1)S(=O)(=O)/C=C/c1ccccc1. The number of rotatable bonds is 8. The first-order valence-electron chi connectivity index (χ1n) is 7.72. The van der Waals surface area contributed by atoms with E-state index in [2.05, 4.69) is 9.72 Å². The third kappa shape index (κ3) is 5.27. The lowest BCUT2D eigenvalue weighted by atomic mass is 10.2. The van der Waals surface area contributed by atoms with Crippen LogP contribution in [0.2, 0.25) is 0 Å². The van der Waals surface area contributed by atoms with Crippen LogP contribution in [0.15, 0.2) is 46.4 Å². The van der Waals surface area contributed by atoms with Gasteiger partial charge in [0, 0.05) is 12.0 Å². The molecule has 0 fully saturated rings. The Balaban J connectivity index is 2.17. The van der Waals surface area contributed by atoms with Crippen molar-refractivity contribution in [3.8, 4) is 0 Å². The number of methoxy groups -OCH3 is 1. The second kappa shape index (κ2) is 8.59. The summed E-state index contributed by atoms with van der Waals surface area (Å²) in [6.45, 7) is 2.11. The average molecular weight is 364 g/mol. The molecule has 1 heterocycles. The van der Waals surface area contributed by atoms with E-state index in [-0.39, 0.29) is 18.1 Å². The molecule has 1 aromatic heterocycles. The normalized spacial score (nSPS) is 12.0. The van der Waals surface area contributed by atoms with Crippen LogP contribution in [0.25, 0.3) is 6.08 Å². The molecule has 0 radical (unpaired) electrons. The second-order valence-electron chi connectivity index (χ2n) is 5.21. The number of aromatic nitrogens is 1. The van der Waals surface area contributed by atoms with Crippen molar-refractivity contribution in [2.75, 3.05) is 13.7 Å². The summed E-state index contributed by atoms with van der Waals surface area (Å²) in [5, 5.41) is 1.15. The van der Waals surface area contributed by atoms with Crippen LogP contribution < -0.4 is 0 Å². The molecule has 8 heteroatoms. The van der Waals surface area contributed by atoms with E-state index in [1.54, 1.807) is 0 Å². The highest BCUT2D eigenvalue weighted by Crippen LogP contribution is 2.14. The Kier molecular flexibility index (Phi) is 6.49. The third-order valence-electron chi connectivity index (χ3n) is 3.32. The molecule has 7 nitrogen and oxygen atoms in total. The van der Waals surface area contributed by atoms with Gasteiger partial charge in [0.15, 0.2) is 5.69 Å². The molecular formula is C17H20N2O5S. The van der Waals surface area contributed by atoms with E-state index in [9.17, 15) is 13.2 Å². The van der Waals surface area contributed by atoms with Crippen LogP contribution in [0.3, 0.4) is 0 Å². The zero-order valence-corrected chi connectivity index (χ0v) is 14.9. The van der Waals surface area contributed by atoms with E-state index in [0.29, 0.717) is 13.0 Å². The van der Waals surface area contributed by atoms with Gasteiger partial charge in [-0.2, -0.15) is 4.31 Å². The Labute approximate surface area is 147 Å². The molecule has 0 N–H and O–H groups in total. The van der Waals surface area contributed by atoms with Crippen molar-refractivity contribution < 1.29 is 22.4 Å². The topological polar surface area (TPSA) is 89.7 Å². The molecule has 0 saturated heterocycles. The summed E-state index contributed by atoms with van der Waals surface area (Å²) in [6, 6.07) is 9.14. The Bertz CT molecular complexity index is 828. The van der Waals surface area contributed by atoms with Crippen LogP contribution in [-0.2, 0) is 21.3 Å². The smallest absolute Gasteiger partial charge is 0.360 e. The number of oxazole rings is 1. The summed E-state index contributed by atoms with van der Waals surface area (Å²) in [5.41, 5.74) is 0.790. The minimum absolute atomic E-state index is 0.00572. The molecule has 0 bridgehead atoms. The average Bonchev–Trinajstić information content (AvgIpc) is 3.08. The summed E-state index contributed by atoms with van der Waals surface area (Å²) < 4.78 is 36.1. The van der Waals surface area contributed by atoms with E-state index in [4.69, 9.17) is 4.42 Å². The number of sulfonamides is 1. The fourth-order valence-corrected chi connectivity index (χ4v) is 3.32. The number of hydrogen-bond donors (Lipinski definition) is 0. The Morgan fingerprint density at radius 3 is 2.68 bits per heavy atom. The minimum atomic E-state index is -3.66. The maximum atomic E-state index is 12.6. The van der Waals surface area contributed by atoms with Crippen molar-refractivity contribution >= 4 is 22.1 Å². The van der Waals surface area contributed by atoms with Gasteiger partial charge >= 0.3 is 5.97 Å². The number of benzene rings is 1. The molecule has 25 heavy (non-hydrogen) atoms. The fraction of sp³-hybridized carbons (Fsp3) is 0.294. The van der Waals surface area contributed by atoms with Gasteiger partial charge in [-0.1, -0.05) is 37.3 Å². The predicted octanol–water partition coefficient (Wildman–Crippen LogP) is 2.67. The summed E-state index contributed by atoms with van der Waals surface area (Å²) in [4.78, 5) is 15.4. The molecule has 0 unspecified atom stereocenters. The Morgan fingerprint density at radius 1 is 1.32 bits per heavy atom. The summed E-state index contributed by atoms with van der Waals surface area (Å²) in [7, 11) is -2.43. The van der Waals surface area contributed by atoms with Gasteiger partial charge in [0.25, 0.3) is 0 Å². The van der Waals surface area contributed by atoms with Crippen LogP contribution in [0.5, 0.6) is 0 Å².